The molecule has 166 valence electrons. The number of hydrogen-bond donors (Lipinski definition) is 1. The molecule has 0 spiro atoms. The second-order valence-electron chi connectivity index (χ2n) is 7.16. The minimum Gasteiger partial charge on any atom is -0.335 e. The van der Waals surface area contributed by atoms with Gasteiger partial charge in [0.25, 0.3) is 11.6 Å². The van der Waals surface area contributed by atoms with Gasteiger partial charge in [0.2, 0.25) is 5.91 Å². The number of nitrogens with one attached hydrogen (secondary N) is 1. The lowest BCUT2D eigenvalue weighted by atomic mass is 10.2. The minimum atomic E-state index is -0.479. The Bertz CT molecular complexity index is 1190. The van der Waals surface area contributed by atoms with Crippen LogP contribution in [0.25, 0.3) is 10.1 Å². The monoisotopic (exact) mass is 493 g/mol. The molecular formula is C20H17Cl2N5O4S. The SMILES string of the molecule is O=C(CN1CCN(C(=O)c2sc3cc([N+](=O)[O-])ccc3c2Cl)CC1)Nc1ccc(Cl)cn1. The fraction of sp³-hybridized carbons (Fsp3) is 0.250. The van der Waals surface area contributed by atoms with E-state index < -0.39 is 4.92 Å². The molecule has 3 heterocycles. The third-order valence-corrected chi connectivity index (χ3v) is 6.91. The first-order valence-electron chi connectivity index (χ1n) is 9.61. The van der Waals surface area contributed by atoms with Gasteiger partial charge in [-0.1, -0.05) is 23.2 Å². The summed E-state index contributed by atoms with van der Waals surface area (Å²) < 4.78 is 0.596. The molecule has 0 saturated carbocycles. The predicted molar refractivity (Wildman–Crippen MR) is 124 cm³/mol. The van der Waals surface area contributed by atoms with Crippen molar-refractivity contribution in [2.24, 2.45) is 0 Å². The molecule has 32 heavy (non-hydrogen) atoms. The first-order valence-corrected chi connectivity index (χ1v) is 11.2. The predicted octanol–water partition coefficient (Wildman–Crippen LogP) is 3.91. The van der Waals surface area contributed by atoms with Crippen molar-refractivity contribution in [3.8, 4) is 0 Å². The van der Waals surface area contributed by atoms with E-state index in [2.05, 4.69) is 10.3 Å². The van der Waals surface area contributed by atoms with E-state index in [0.717, 1.165) is 11.3 Å². The molecule has 1 saturated heterocycles. The molecule has 0 radical (unpaired) electrons. The van der Waals surface area contributed by atoms with Gasteiger partial charge in [0.15, 0.2) is 0 Å². The Labute approximate surface area is 196 Å². The molecule has 2 aromatic heterocycles. The lowest BCUT2D eigenvalue weighted by Gasteiger charge is -2.34. The summed E-state index contributed by atoms with van der Waals surface area (Å²) >= 11 is 13.3. The Hall–Kier alpha value is -2.79. The molecule has 12 heteroatoms. The fourth-order valence-corrected chi connectivity index (χ4v) is 5.02. The van der Waals surface area contributed by atoms with E-state index in [1.807, 2.05) is 4.90 Å². The first kappa shape index (κ1) is 22.4. The molecule has 1 aliphatic heterocycles. The number of nitrogens with zero attached hydrogens (tertiary/aromatic N) is 4. The Morgan fingerprint density at radius 1 is 1.16 bits per heavy atom. The van der Waals surface area contributed by atoms with Crippen molar-refractivity contribution in [3.63, 3.8) is 0 Å². The molecule has 0 aliphatic carbocycles. The van der Waals surface area contributed by atoms with Crippen LogP contribution in [0.1, 0.15) is 9.67 Å². The first-order chi connectivity index (χ1) is 15.3. The topological polar surface area (TPSA) is 109 Å². The highest BCUT2D eigenvalue weighted by atomic mass is 35.5. The fourth-order valence-electron chi connectivity index (χ4n) is 3.39. The van der Waals surface area contributed by atoms with Gasteiger partial charge in [-0.2, -0.15) is 0 Å². The van der Waals surface area contributed by atoms with Crippen LogP contribution in [0.5, 0.6) is 0 Å². The zero-order valence-electron chi connectivity index (χ0n) is 16.6. The number of rotatable bonds is 5. The largest absolute Gasteiger partial charge is 0.335 e. The minimum absolute atomic E-state index is 0.0462. The number of hydrogen-bond acceptors (Lipinski definition) is 7. The van der Waals surface area contributed by atoms with Crippen LogP contribution in [0.3, 0.4) is 0 Å². The number of nitro groups is 1. The van der Waals surface area contributed by atoms with Crippen LogP contribution in [0, 0.1) is 10.1 Å². The molecule has 1 aromatic carbocycles. The van der Waals surface area contributed by atoms with E-state index in [9.17, 15) is 19.7 Å². The van der Waals surface area contributed by atoms with Crippen LogP contribution < -0.4 is 5.32 Å². The summed E-state index contributed by atoms with van der Waals surface area (Å²) in [5, 5.41) is 15.1. The summed E-state index contributed by atoms with van der Waals surface area (Å²) in [4.78, 5) is 43.8. The van der Waals surface area contributed by atoms with E-state index in [-0.39, 0.29) is 24.0 Å². The average Bonchev–Trinajstić information content (AvgIpc) is 3.11. The smallest absolute Gasteiger partial charge is 0.270 e. The van der Waals surface area contributed by atoms with E-state index in [0.29, 0.717) is 57.0 Å². The van der Waals surface area contributed by atoms with Crippen LogP contribution in [-0.2, 0) is 4.79 Å². The van der Waals surface area contributed by atoms with Gasteiger partial charge in [-0.15, -0.1) is 11.3 Å². The van der Waals surface area contributed by atoms with Crippen molar-refractivity contribution in [2.45, 2.75) is 0 Å². The molecule has 0 bridgehead atoms. The standard InChI is InChI=1S/C20H17Cl2N5O4S/c21-12-1-4-16(23-10-12)24-17(28)11-25-5-7-26(8-6-25)20(29)19-18(22)14-3-2-13(27(30)31)9-15(14)32-19/h1-4,9-10H,5-8,11H2,(H,23,24,28). The number of amides is 2. The van der Waals surface area contributed by atoms with Gasteiger partial charge in [-0.05, 0) is 18.2 Å². The van der Waals surface area contributed by atoms with Crippen LogP contribution in [-0.4, -0.2) is 64.2 Å². The van der Waals surface area contributed by atoms with Crippen molar-refractivity contribution in [1.29, 1.82) is 0 Å². The van der Waals surface area contributed by atoms with E-state index in [1.54, 1.807) is 23.1 Å². The van der Waals surface area contributed by atoms with Gasteiger partial charge in [-0.3, -0.25) is 24.6 Å². The number of carbonyl (C=O) groups is 2. The molecule has 0 unspecified atom stereocenters. The van der Waals surface area contributed by atoms with Crippen LogP contribution in [0.15, 0.2) is 36.5 Å². The number of non-ortho nitro benzene ring substituents is 1. The number of pyridine rings is 1. The molecule has 0 atom stereocenters. The third-order valence-electron chi connectivity index (χ3n) is 5.04. The summed E-state index contributed by atoms with van der Waals surface area (Å²) in [5.74, 6) is 0.00918. The van der Waals surface area contributed by atoms with Crippen LogP contribution in [0.2, 0.25) is 10.0 Å². The van der Waals surface area contributed by atoms with E-state index in [4.69, 9.17) is 23.2 Å². The lowest BCUT2D eigenvalue weighted by Crippen LogP contribution is -2.50. The Morgan fingerprint density at radius 2 is 1.91 bits per heavy atom. The average molecular weight is 494 g/mol. The number of nitro benzene ring substituents is 1. The van der Waals surface area contributed by atoms with Gasteiger partial charge < -0.3 is 10.2 Å². The Kier molecular flexibility index (Phi) is 6.56. The number of thiophene rings is 1. The number of piperazine rings is 1. The molecular weight excluding hydrogens is 477 g/mol. The number of carbonyl (C=O) groups excluding carboxylic acids is 2. The van der Waals surface area contributed by atoms with E-state index in [1.165, 1.54) is 18.3 Å². The van der Waals surface area contributed by atoms with Gasteiger partial charge in [0.05, 0.1) is 21.5 Å². The second kappa shape index (κ2) is 9.37. The van der Waals surface area contributed by atoms with Gasteiger partial charge in [-0.25, -0.2) is 4.98 Å². The van der Waals surface area contributed by atoms with Crippen molar-refractivity contribution < 1.29 is 14.5 Å². The maximum atomic E-state index is 13.0. The zero-order chi connectivity index (χ0) is 22.8. The van der Waals surface area contributed by atoms with Crippen LogP contribution >= 0.6 is 34.5 Å². The van der Waals surface area contributed by atoms with Crippen LogP contribution in [0.4, 0.5) is 11.5 Å². The molecule has 9 nitrogen and oxygen atoms in total. The molecule has 4 rings (SSSR count). The van der Waals surface area contributed by atoms with E-state index >= 15 is 0 Å². The lowest BCUT2D eigenvalue weighted by molar-refractivity contribution is -0.384. The zero-order valence-corrected chi connectivity index (χ0v) is 18.9. The third kappa shape index (κ3) is 4.83. The van der Waals surface area contributed by atoms with Gasteiger partial charge >= 0.3 is 0 Å². The Morgan fingerprint density at radius 3 is 2.56 bits per heavy atom. The van der Waals surface area contributed by atoms with Crippen molar-refractivity contribution in [1.82, 2.24) is 14.8 Å². The van der Waals surface area contributed by atoms with Crippen molar-refractivity contribution in [2.75, 3.05) is 38.0 Å². The number of halogens is 2. The number of fused-ring (bicyclic) bond motifs is 1. The van der Waals surface area contributed by atoms with Crippen molar-refractivity contribution >= 4 is 67.9 Å². The Balaban J connectivity index is 1.36. The normalized spacial score (nSPS) is 14.5. The maximum Gasteiger partial charge on any atom is 0.270 e. The number of aromatic nitrogens is 1. The summed E-state index contributed by atoms with van der Waals surface area (Å²) in [7, 11) is 0. The summed E-state index contributed by atoms with van der Waals surface area (Å²) in [6.45, 7) is 2.12. The summed E-state index contributed by atoms with van der Waals surface area (Å²) in [6, 6.07) is 7.63. The maximum absolute atomic E-state index is 13.0. The summed E-state index contributed by atoms with van der Waals surface area (Å²) in [5.41, 5.74) is -0.0462. The highest BCUT2D eigenvalue weighted by molar-refractivity contribution is 7.21. The highest BCUT2D eigenvalue weighted by Gasteiger charge is 2.27. The highest BCUT2D eigenvalue weighted by Crippen LogP contribution is 2.38. The molecule has 2 amide bonds. The molecule has 1 fully saturated rings. The van der Waals surface area contributed by atoms with Gasteiger partial charge in [0, 0.05) is 54.6 Å². The summed E-state index contributed by atoms with van der Waals surface area (Å²) in [6.07, 6.45) is 1.46. The number of anilines is 1. The second-order valence-corrected chi connectivity index (χ2v) is 9.03. The quantitative estimate of drug-likeness (QED) is 0.426. The van der Waals surface area contributed by atoms with Gasteiger partial charge in [0.1, 0.15) is 10.7 Å². The molecule has 1 aliphatic rings. The van der Waals surface area contributed by atoms with Crippen molar-refractivity contribution in [3.05, 3.63) is 61.6 Å². The number of benzene rings is 1. The molecule has 1 N–H and O–H groups in total. The molecule has 3 aromatic rings.